The van der Waals surface area contributed by atoms with E-state index in [0.29, 0.717) is 22.2 Å². The molecule has 25 heavy (non-hydrogen) atoms. The highest BCUT2D eigenvalue weighted by Gasteiger charge is 2.19. The molecular weight excluding hydrogens is 344 g/mol. The number of rotatable bonds is 5. The fourth-order valence-corrected chi connectivity index (χ4v) is 2.79. The van der Waals surface area contributed by atoms with Crippen molar-refractivity contribution in [3.05, 3.63) is 53.1 Å². The molecule has 6 nitrogen and oxygen atoms in total. The first-order valence-electron chi connectivity index (χ1n) is 7.73. The predicted molar refractivity (Wildman–Crippen MR) is 93.8 cm³/mol. The highest BCUT2D eigenvalue weighted by atomic mass is 35.5. The normalized spacial score (nSPS) is 13.2. The number of nitrogens with one attached hydrogen (secondary N) is 2. The Morgan fingerprint density at radius 3 is 2.72 bits per heavy atom. The van der Waals surface area contributed by atoms with E-state index in [1.54, 1.807) is 36.4 Å². The molecule has 7 heteroatoms. The minimum absolute atomic E-state index is 0.0777. The summed E-state index contributed by atoms with van der Waals surface area (Å²) in [6, 6.07) is 11.8. The number of hydrogen-bond donors (Lipinski definition) is 2. The molecule has 0 spiro atoms. The molecule has 1 aliphatic heterocycles. The maximum Gasteiger partial charge on any atom is 0.231 e. The van der Waals surface area contributed by atoms with Crippen molar-refractivity contribution in [1.29, 1.82) is 0 Å². The van der Waals surface area contributed by atoms with Gasteiger partial charge in [0.1, 0.15) is 0 Å². The van der Waals surface area contributed by atoms with Gasteiger partial charge in [0, 0.05) is 23.7 Å². The molecule has 1 aliphatic rings. The molecule has 0 aliphatic carbocycles. The van der Waals surface area contributed by atoms with Gasteiger partial charge in [-0.05, 0) is 29.8 Å². The highest BCUT2D eigenvalue weighted by Crippen LogP contribution is 2.34. The number of carbonyl (C=O) groups is 2. The third-order valence-corrected chi connectivity index (χ3v) is 3.91. The van der Waals surface area contributed by atoms with Gasteiger partial charge in [-0.3, -0.25) is 9.59 Å². The van der Waals surface area contributed by atoms with Crippen LogP contribution in [0.2, 0.25) is 5.02 Å². The van der Waals surface area contributed by atoms with Crippen LogP contribution in [-0.4, -0.2) is 18.6 Å². The predicted octanol–water partition coefficient (Wildman–Crippen LogP) is 3.27. The van der Waals surface area contributed by atoms with Crippen molar-refractivity contribution < 1.29 is 19.1 Å². The number of ether oxygens (including phenoxy) is 2. The monoisotopic (exact) mass is 360 g/mol. The minimum atomic E-state index is -0.467. The summed E-state index contributed by atoms with van der Waals surface area (Å²) in [5.74, 6) is 0.776. The van der Waals surface area contributed by atoms with Gasteiger partial charge in [0.05, 0.1) is 12.5 Å². The summed E-state index contributed by atoms with van der Waals surface area (Å²) >= 11 is 6.01. The Morgan fingerprint density at radius 1 is 1.16 bits per heavy atom. The molecule has 3 rings (SSSR count). The van der Waals surface area contributed by atoms with E-state index in [-0.39, 0.29) is 25.0 Å². The van der Waals surface area contributed by atoms with Crippen LogP contribution in [0.3, 0.4) is 0 Å². The number of hydrogen-bond acceptors (Lipinski definition) is 4. The van der Waals surface area contributed by atoms with Crippen LogP contribution in [0.15, 0.2) is 42.5 Å². The lowest BCUT2D eigenvalue weighted by Gasteiger charge is -2.18. The second-order valence-corrected chi connectivity index (χ2v) is 6.06. The number of anilines is 1. The molecule has 0 bridgehead atoms. The smallest absolute Gasteiger partial charge is 0.231 e. The molecule has 1 unspecified atom stereocenters. The standard InChI is InChI=1S/C18H17ClN2O4/c1-11(22)20-15(12-3-2-4-13(19)7-12)9-18(23)21-14-5-6-16-17(8-14)25-10-24-16/h2-8,15H,9-10H2,1H3,(H,20,22)(H,21,23). The number of amides is 2. The first kappa shape index (κ1) is 17.1. The van der Waals surface area contributed by atoms with E-state index in [0.717, 1.165) is 5.56 Å². The maximum absolute atomic E-state index is 12.4. The van der Waals surface area contributed by atoms with Gasteiger partial charge in [-0.2, -0.15) is 0 Å². The number of carbonyl (C=O) groups excluding carboxylic acids is 2. The third kappa shape index (κ3) is 4.42. The minimum Gasteiger partial charge on any atom is -0.454 e. The summed E-state index contributed by atoms with van der Waals surface area (Å²) in [6.45, 7) is 1.58. The van der Waals surface area contributed by atoms with Crippen LogP contribution in [0, 0.1) is 0 Å². The second kappa shape index (κ2) is 7.44. The van der Waals surface area contributed by atoms with Crippen molar-refractivity contribution in [3.8, 4) is 11.5 Å². The van der Waals surface area contributed by atoms with Crippen LogP contribution >= 0.6 is 11.6 Å². The Bertz CT molecular complexity index is 809. The Morgan fingerprint density at radius 2 is 1.96 bits per heavy atom. The van der Waals surface area contributed by atoms with E-state index in [1.807, 2.05) is 6.07 Å². The van der Waals surface area contributed by atoms with Crippen LogP contribution in [0.5, 0.6) is 11.5 Å². The van der Waals surface area contributed by atoms with Crippen LogP contribution in [0.1, 0.15) is 24.9 Å². The molecule has 0 aromatic heterocycles. The van der Waals surface area contributed by atoms with E-state index >= 15 is 0 Å². The lowest BCUT2D eigenvalue weighted by atomic mass is 10.0. The number of halogens is 1. The Labute approximate surface area is 150 Å². The van der Waals surface area contributed by atoms with Crippen LogP contribution in [-0.2, 0) is 9.59 Å². The third-order valence-electron chi connectivity index (χ3n) is 3.67. The molecule has 0 fully saturated rings. The zero-order valence-corrected chi connectivity index (χ0v) is 14.3. The Kier molecular flexibility index (Phi) is 5.09. The zero-order chi connectivity index (χ0) is 17.8. The fourth-order valence-electron chi connectivity index (χ4n) is 2.59. The van der Waals surface area contributed by atoms with E-state index in [4.69, 9.17) is 21.1 Å². The molecule has 130 valence electrons. The molecule has 1 atom stereocenters. The van der Waals surface area contributed by atoms with Crippen molar-refractivity contribution >= 4 is 29.1 Å². The molecule has 2 amide bonds. The van der Waals surface area contributed by atoms with Crippen molar-refractivity contribution in [3.63, 3.8) is 0 Å². The summed E-state index contributed by atoms with van der Waals surface area (Å²) in [5, 5.41) is 6.12. The van der Waals surface area contributed by atoms with Gasteiger partial charge >= 0.3 is 0 Å². The van der Waals surface area contributed by atoms with E-state index in [9.17, 15) is 9.59 Å². The van der Waals surface area contributed by atoms with E-state index < -0.39 is 6.04 Å². The topological polar surface area (TPSA) is 76.7 Å². The van der Waals surface area contributed by atoms with Crippen molar-refractivity contribution in [1.82, 2.24) is 5.32 Å². The van der Waals surface area contributed by atoms with Crippen LogP contribution in [0.4, 0.5) is 5.69 Å². The zero-order valence-electron chi connectivity index (χ0n) is 13.5. The first-order chi connectivity index (χ1) is 12.0. The van der Waals surface area contributed by atoms with Gasteiger partial charge in [0.25, 0.3) is 0 Å². The summed E-state index contributed by atoms with van der Waals surface area (Å²) < 4.78 is 10.5. The van der Waals surface area contributed by atoms with Crippen molar-refractivity contribution in [2.45, 2.75) is 19.4 Å². The van der Waals surface area contributed by atoms with Gasteiger partial charge in [-0.15, -0.1) is 0 Å². The Hall–Kier alpha value is -2.73. The van der Waals surface area contributed by atoms with E-state index in [1.165, 1.54) is 6.92 Å². The molecule has 0 radical (unpaired) electrons. The Balaban J connectivity index is 1.70. The largest absolute Gasteiger partial charge is 0.454 e. The fraction of sp³-hybridized carbons (Fsp3) is 0.222. The van der Waals surface area contributed by atoms with Gasteiger partial charge < -0.3 is 20.1 Å². The summed E-state index contributed by atoms with van der Waals surface area (Å²) in [6.07, 6.45) is 0.0777. The maximum atomic E-state index is 12.4. The average Bonchev–Trinajstić information content (AvgIpc) is 3.01. The molecular formula is C18H17ClN2O4. The number of benzene rings is 2. The van der Waals surface area contributed by atoms with Gasteiger partial charge in [0.15, 0.2) is 11.5 Å². The second-order valence-electron chi connectivity index (χ2n) is 5.63. The molecule has 0 saturated carbocycles. The summed E-state index contributed by atoms with van der Waals surface area (Å²) in [4.78, 5) is 23.9. The quantitative estimate of drug-likeness (QED) is 0.858. The molecule has 2 aromatic carbocycles. The SMILES string of the molecule is CC(=O)NC(CC(=O)Nc1ccc2c(c1)OCO2)c1cccc(Cl)c1. The molecule has 0 saturated heterocycles. The summed E-state index contributed by atoms with van der Waals surface area (Å²) in [5.41, 5.74) is 1.37. The van der Waals surface area contributed by atoms with Gasteiger partial charge in [-0.25, -0.2) is 0 Å². The van der Waals surface area contributed by atoms with Crippen LogP contribution < -0.4 is 20.1 Å². The summed E-state index contributed by atoms with van der Waals surface area (Å²) in [7, 11) is 0. The lowest BCUT2D eigenvalue weighted by molar-refractivity contribution is -0.120. The van der Waals surface area contributed by atoms with E-state index in [2.05, 4.69) is 10.6 Å². The van der Waals surface area contributed by atoms with Crippen molar-refractivity contribution in [2.24, 2.45) is 0 Å². The molecule has 2 N–H and O–H groups in total. The van der Waals surface area contributed by atoms with Crippen molar-refractivity contribution in [2.75, 3.05) is 12.1 Å². The van der Waals surface area contributed by atoms with Gasteiger partial charge in [0.2, 0.25) is 18.6 Å². The lowest BCUT2D eigenvalue weighted by Crippen LogP contribution is -2.29. The molecule has 2 aromatic rings. The first-order valence-corrected chi connectivity index (χ1v) is 8.11. The number of fused-ring (bicyclic) bond motifs is 1. The highest BCUT2D eigenvalue weighted by molar-refractivity contribution is 6.30. The average molecular weight is 361 g/mol. The van der Waals surface area contributed by atoms with Gasteiger partial charge in [-0.1, -0.05) is 23.7 Å². The molecule has 1 heterocycles. The van der Waals surface area contributed by atoms with Crippen LogP contribution in [0.25, 0.3) is 0 Å².